The van der Waals surface area contributed by atoms with Gasteiger partial charge in [-0.1, -0.05) is 12.1 Å². The first-order chi connectivity index (χ1) is 5.77. The Kier molecular flexibility index (Phi) is 3.97. The van der Waals surface area contributed by atoms with Crippen molar-refractivity contribution in [1.29, 1.82) is 0 Å². The first-order valence-electron chi connectivity index (χ1n) is 3.59. The van der Waals surface area contributed by atoms with Crippen LogP contribution in [0.25, 0.3) is 0 Å². The maximum atomic E-state index is 5.11. The Balaban J connectivity index is 2.85. The van der Waals surface area contributed by atoms with E-state index < -0.39 is 0 Å². The van der Waals surface area contributed by atoms with E-state index in [2.05, 4.69) is 22.6 Å². The molecular weight excluding hydrogens is 267 g/mol. The molecule has 0 aliphatic carbocycles. The van der Waals surface area contributed by atoms with E-state index in [4.69, 9.17) is 9.47 Å². The predicted octanol–water partition coefficient (Wildman–Crippen LogP) is 2.58. The number of benzene rings is 1. The lowest BCUT2D eigenvalue weighted by Crippen LogP contribution is -2.03. The van der Waals surface area contributed by atoms with Crippen LogP contribution in [0.3, 0.4) is 0 Å². The zero-order valence-corrected chi connectivity index (χ0v) is 9.24. The maximum Gasteiger partial charge on any atom is 0.183 e. The van der Waals surface area contributed by atoms with Crippen LogP contribution in [0.1, 0.15) is 11.9 Å². The second-order valence-electron chi connectivity index (χ2n) is 2.36. The quantitative estimate of drug-likeness (QED) is 0.625. The Labute approximate surface area is 86.0 Å². The van der Waals surface area contributed by atoms with Gasteiger partial charge in [-0.15, -0.1) is 0 Å². The van der Waals surface area contributed by atoms with Crippen molar-refractivity contribution < 1.29 is 9.47 Å². The summed E-state index contributed by atoms with van der Waals surface area (Å²) in [6, 6.07) is 8.05. The van der Waals surface area contributed by atoms with Gasteiger partial charge in [0.15, 0.2) is 6.29 Å². The van der Waals surface area contributed by atoms with Crippen molar-refractivity contribution in [1.82, 2.24) is 0 Å². The molecule has 0 aliphatic heterocycles. The van der Waals surface area contributed by atoms with Crippen LogP contribution in [-0.4, -0.2) is 14.2 Å². The standard InChI is InChI=1S/C9H11IO2/c1-11-9(12-2)7-4-3-5-8(10)6-7/h3-6,9H,1-2H3. The van der Waals surface area contributed by atoms with Gasteiger partial charge >= 0.3 is 0 Å². The van der Waals surface area contributed by atoms with Crippen LogP contribution in [0.4, 0.5) is 0 Å². The molecule has 0 atom stereocenters. The van der Waals surface area contributed by atoms with Crippen LogP contribution in [0.5, 0.6) is 0 Å². The smallest absolute Gasteiger partial charge is 0.183 e. The summed E-state index contributed by atoms with van der Waals surface area (Å²) in [5, 5.41) is 0. The van der Waals surface area contributed by atoms with Crippen LogP contribution >= 0.6 is 22.6 Å². The third kappa shape index (κ3) is 2.43. The molecule has 0 amide bonds. The molecule has 0 N–H and O–H groups in total. The highest BCUT2D eigenvalue weighted by molar-refractivity contribution is 14.1. The Hall–Kier alpha value is -0.130. The SMILES string of the molecule is COC(OC)c1cccc(I)c1. The van der Waals surface area contributed by atoms with E-state index in [-0.39, 0.29) is 6.29 Å². The Morgan fingerprint density at radius 1 is 1.25 bits per heavy atom. The van der Waals surface area contributed by atoms with Gasteiger partial charge in [-0.3, -0.25) is 0 Å². The molecule has 0 unspecified atom stereocenters. The van der Waals surface area contributed by atoms with Gasteiger partial charge in [0, 0.05) is 23.4 Å². The van der Waals surface area contributed by atoms with Crippen LogP contribution in [0.2, 0.25) is 0 Å². The molecule has 1 aromatic rings. The molecule has 0 spiro atoms. The minimum atomic E-state index is -0.250. The molecular formula is C9H11IO2. The first kappa shape index (κ1) is 9.95. The number of methoxy groups -OCH3 is 2. The van der Waals surface area contributed by atoms with E-state index in [9.17, 15) is 0 Å². The van der Waals surface area contributed by atoms with Crippen LogP contribution in [-0.2, 0) is 9.47 Å². The van der Waals surface area contributed by atoms with E-state index >= 15 is 0 Å². The lowest BCUT2D eigenvalue weighted by atomic mass is 10.2. The summed E-state index contributed by atoms with van der Waals surface area (Å²) >= 11 is 2.26. The molecule has 2 nitrogen and oxygen atoms in total. The van der Waals surface area contributed by atoms with Crippen LogP contribution in [0, 0.1) is 3.57 Å². The number of hydrogen-bond donors (Lipinski definition) is 0. The second-order valence-corrected chi connectivity index (χ2v) is 3.60. The first-order valence-corrected chi connectivity index (χ1v) is 4.67. The summed E-state index contributed by atoms with van der Waals surface area (Å²) in [4.78, 5) is 0. The lowest BCUT2D eigenvalue weighted by molar-refractivity contribution is -0.106. The van der Waals surface area contributed by atoms with Gasteiger partial charge in [-0.05, 0) is 34.7 Å². The number of hydrogen-bond acceptors (Lipinski definition) is 2. The van der Waals surface area contributed by atoms with E-state index in [0.29, 0.717) is 0 Å². The Bertz CT molecular complexity index is 246. The van der Waals surface area contributed by atoms with E-state index in [1.165, 1.54) is 3.57 Å². The largest absolute Gasteiger partial charge is 0.352 e. The van der Waals surface area contributed by atoms with Crippen LogP contribution in [0.15, 0.2) is 24.3 Å². The second kappa shape index (κ2) is 4.79. The van der Waals surface area contributed by atoms with Crippen LogP contribution < -0.4 is 0 Å². The monoisotopic (exact) mass is 278 g/mol. The fourth-order valence-corrected chi connectivity index (χ4v) is 1.59. The highest BCUT2D eigenvalue weighted by atomic mass is 127. The fraction of sp³-hybridized carbons (Fsp3) is 0.333. The molecule has 0 saturated carbocycles. The third-order valence-corrected chi connectivity index (χ3v) is 2.22. The maximum absolute atomic E-state index is 5.11. The number of halogens is 1. The topological polar surface area (TPSA) is 18.5 Å². The van der Waals surface area contributed by atoms with Gasteiger partial charge in [-0.25, -0.2) is 0 Å². The average molecular weight is 278 g/mol. The molecule has 12 heavy (non-hydrogen) atoms. The Morgan fingerprint density at radius 2 is 1.92 bits per heavy atom. The van der Waals surface area contributed by atoms with Crippen molar-refractivity contribution in [3.05, 3.63) is 33.4 Å². The minimum absolute atomic E-state index is 0.250. The lowest BCUT2D eigenvalue weighted by Gasteiger charge is -2.13. The molecule has 0 fully saturated rings. The molecule has 66 valence electrons. The zero-order valence-electron chi connectivity index (χ0n) is 7.08. The van der Waals surface area contributed by atoms with Crippen molar-refractivity contribution in [2.24, 2.45) is 0 Å². The van der Waals surface area contributed by atoms with Crippen molar-refractivity contribution in [3.8, 4) is 0 Å². The van der Waals surface area contributed by atoms with Crippen molar-refractivity contribution in [2.45, 2.75) is 6.29 Å². The van der Waals surface area contributed by atoms with Gasteiger partial charge in [0.2, 0.25) is 0 Å². The molecule has 0 radical (unpaired) electrons. The molecule has 0 saturated heterocycles. The summed E-state index contributed by atoms with van der Waals surface area (Å²) in [5.41, 5.74) is 1.05. The fourth-order valence-electron chi connectivity index (χ4n) is 1.02. The van der Waals surface area contributed by atoms with Crippen molar-refractivity contribution in [2.75, 3.05) is 14.2 Å². The summed E-state index contributed by atoms with van der Waals surface area (Å²) < 4.78 is 11.4. The van der Waals surface area contributed by atoms with Gasteiger partial charge in [0.25, 0.3) is 0 Å². The minimum Gasteiger partial charge on any atom is -0.352 e. The summed E-state index contributed by atoms with van der Waals surface area (Å²) in [6.45, 7) is 0. The molecule has 3 heteroatoms. The molecule has 0 aromatic heterocycles. The molecule has 0 heterocycles. The van der Waals surface area contributed by atoms with Gasteiger partial charge < -0.3 is 9.47 Å². The van der Waals surface area contributed by atoms with Crippen molar-refractivity contribution in [3.63, 3.8) is 0 Å². The average Bonchev–Trinajstić information content (AvgIpc) is 2.07. The van der Waals surface area contributed by atoms with E-state index in [1.807, 2.05) is 24.3 Å². The Morgan fingerprint density at radius 3 is 2.42 bits per heavy atom. The summed E-state index contributed by atoms with van der Waals surface area (Å²) in [5.74, 6) is 0. The van der Waals surface area contributed by atoms with E-state index in [1.54, 1.807) is 14.2 Å². The normalized spacial score (nSPS) is 10.7. The molecule has 1 rings (SSSR count). The highest BCUT2D eigenvalue weighted by Crippen LogP contribution is 2.18. The highest BCUT2D eigenvalue weighted by Gasteiger charge is 2.07. The third-order valence-electron chi connectivity index (χ3n) is 1.55. The molecule has 0 aliphatic rings. The van der Waals surface area contributed by atoms with Gasteiger partial charge in [-0.2, -0.15) is 0 Å². The van der Waals surface area contributed by atoms with Gasteiger partial charge in [0.1, 0.15) is 0 Å². The van der Waals surface area contributed by atoms with Gasteiger partial charge in [0.05, 0.1) is 0 Å². The molecule has 1 aromatic carbocycles. The zero-order chi connectivity index (χ0) is 8.97. The van der Waals surface area contributed by atoms with E-state index in [0.717, 1.165) is 5.56 Å². The number of ether oxygens (including phenoxy) is 2. The summed E-state index contributed by atoms with van der Waals surface area (Å²) in [6.07, 6.45) is -0.250. The molecule has 0 bridgehead atoms. The number of rotatable bonds is 3. The summed E-state index contributed by atoms with van der Waals surface area (Å²) in [7, 11) is 3.27. The van der Waals surface area contributed by atoms with Crippen molar-refractivity contribution >= 4 is 22.6 Å². The predicted molar refractivity (Wildman–Crippen MR) is 55.9 cm³/mol.